The van der Waals surface area contributed by atoms with E-state index in [1.165, 1.54) is 24.3 Å². The zero-order valence-corrected chi connectivity index (χ0v) is 26.5. The predicted octanol–water partition coefficient (Wildman–Crippen LogP) is 6.28. The van der Waals surface area contributed by atoms with E-state index in [2.05, 4.69) is 21.9 Å². The Bertz CT molecular complexity index is 1730. The minimum Gasteiger partial charge on any atom is -0.301 e. The lowest BCUT2D eigenvalue weighted by molar-refractivity contribution is -0.113. The molecule has 4 rings (SSSR count). The fraction of sp³-hybridized carbons (Fsp3) is 0.364. The molecule has 7 nitrogen and oxygen atoms in total. The molecule has 4 unspecified atom stereocenters. The van der Waals surface area contributed by atoms with Crippen LogP contribution in [-0.4, -0.2) is 48.2 Å². The van der Waals surface area contributed by atoms with Gasteiger partial charge in [-0.1, -0.05) is 19.6 Å². The average molecular weight is 645 g/mol. The van der Waals surface area contributed by atoms with E-state index in [1.54, 1.807) is 26.0 Å². The maximum atomic E-state index is 15.0. The van der Waals surface area contributed by atoms with E-state index in [-0.39, 0.29) is 40.3 Å². The number of aryl methyl sites for hydroxylation is 2. The molecular weight excluding hydrogens is 608 g/mol. The number of halogens is 4. The second-order valence-corrected chi connectivity index (χ2v) is 13.1. The number of hydrogen-bond acceptors (Lipinski definition) is 6. The van der Waals surface area contributed by atoms with Crippen LogP contribution in [0.4, 0.5) is 17.6 Å². The van der Waals surface area contributed by atoms with Gasteiger partial charge in [-0.2, -0.15) is 0 Å². The van der Waals surface area contributed by atoms with Crippen LogP contribution >= 0.6 is 0 Å². The molecule has 1 aliphatic heterocycles. The third-order valence-corrected chi connectivity index (χ3v) is 9.61. The SMILES string of the molecule is C=CC(F)(F)C(C)NS(=O)(=O)c1ccc(C(CC(CC)c2ccc(F)cn2)=C(C(=O)C2NC2C)c2cc(F)c(C)cc2C)nc1. The number of nitrogens with zero attached hydrogens (tertiary/aromatic N) is 2. The molecule has 12 heteroatoms. The molecule has 0 radical (unpaired) electrons. The number of rotatable bonds is 13. The molecule has 0 saturated carbocycles. The number of Topliss-reactive ketones (excluding diaryl/α,β-unsaturated/α-hetero) is 1. The molecule has 0 aliphatic carbocycles. The average Bonchev–Trinajstić information content (AvgIpc) is 3.74. The number of allylic oxidation sites excluding steroid dienone is 1. The molecule has 4 atom stereocenters. The van der Waals surface area contributed by atoms with Crippen LogP contribution in [0, 0.1) is 25.5 Å². The molecule has 1 aliphatic rings. The molecule has 1 saturated heterocycles. The van der Waals surface area contributed by atoms with Crippen molar-refractivity contribution in [2.24, 2.45) is 0 Å². The third kappa shape index (κ3) is 7.57. The molecule has 1 aromatic carbocycles. The summed E-state index contributed by atoms with van der Waals surface area (Å²) < 4.78 is 84.7. The van der Waals surface area contributed by atoms with Gasteiger partial charge in [-0.05, 0) is 99.2 Å². The number of pyridine rings is 2. The second kappa shape index (κ2) is 13.3. The smallest absolute Gasteiger partial charge is 0.281 e. The summed E-state index contributed by atoms with van der Waals surface area (Å²) in [4.78, 5) is 22.4. The van der Waals surface area contributed by atoms with Gasteiger partial charge in [0, 0.05) is 29.4 Å². The molecule has 1 fully saturated rings. The summed E-state index contributed by atoms with van der Waals surface area (Å²) in [5.74, 6) is -5.12. The Morgan fingerprint density at radius 3 is 2.33 bits per heavy atom. The highest BCUT2D eigenvalue weighted by atomic mass is 32.2. The van der Waals surface area contributed by atoms with Gasteiger partial charge in [0.25, 0.3) is 5.92 Å². The molecule has 45 heavy (non-hydrogen) atoms. The van der Waals surface area contributed by atoms with Crippen molar-refractivity contribution >= 4 is 27.0 Å². The number of benzene rings is 1. The van der Waals surface area contributed by atoms with E-state index >= 15 is 4.39 Å². The molecule has 3 heterocycles. The number of carbonyl (C=O) groups excluding carboxylic acids is 1. The van der Waals surface area contributed by atoms with Gasteiger partial charge in [-0.25, -0.2) is 30.7 Å². The quantitative estimate of drug-likeness (QED) is 0.0981. The zero-order chi connectivity index (χ0) is 33.3. The highest BCUT2D eigenvalue weighted by Crippen LogP contribution is 2.39. The lowest BCUT2D eigenvalue weighted by atomic mass is 9.83. The molecule has 0 amide bonds. The molecule has 0 spiro atoms. The van der Waals surface area contributed by atoms with E-state index in [4.69, 9.17) is 0 Å². The van der Waals surface area contributed by atoms with Crippen molar-refractivity contribution in [1.82, 2.24) is 20.0 Å². The first-order valence-corrected chi connectivity index (χ1v) is 16.0. The molecule has 240 valence electrons. The summed E-state index contributed by atoms with van der Waals surface area (Å²) in [6, 6.07) is 5.98. The highest BCUT2D eigenvalue weighted by molar-refractivity contribution is 7.89. The fourth-order valence-corrected chi connectivity index (χ4v) is 6.36. The summed E-state index contributed by atoms with van der Waals surface area (Å²) in [7, 11) is -4.41. The topological polar surface area (TPSA) is 111 Å². The summed E-state index contributed by atoms with van der Waals surface area (Å²) >= 11 is 0. The van der Waals surface area contributed by atoms with Gasteiger partial charge in [0.2, 0.25) is 10.0 Å². The number of ketones is 1. The number of nitrogens with one attached hydrogen (secondary N) is 2. The van der Waals surface area contributed by atoms with Crippen LogP contribution in [0.3, 0.4) is 0 Å². The Kier molecular flexibility index (Phi) is 10.1. The van der Waals surface area contributed by atoms with Gasteiger partial charge < -0.3 is 5.32 Å². The second-order valence-electron chi connectivity index (χ2n) is 11.4. The summed E-state index contributed by atoms with van der Waals surface area (Å²) in [5.41, 5.74) is 2.84. The van der Waals surface area contributed by atoms with E-state index in [9.17, 15) is 26.4 Å². The molecule has 2 aromatic heterocycles. The number of aromatic nitrogens is 2. The Balaban J connectivity index is 1.90. The lowest BCUT2D eigenvalue weighted by Crippen LogP contribution is -2.44. The van der Waals surface area contributed by atoms with E-state index in [1.807, 2.05) is 18.6 Å². The Morgan fingerprint density at radius 1 is 1.11 bits per heavy atom. The maximum absolute atomic E-state index is 15.0. The van der Waals surface area contributed by atoms with E-state index in [0.29, 0.717) is 40.5 Å². The van der Waals surface area contributed by atoms with Crippen molar-refractivity contribution in [3.05, 3.63) is 101 Å². The van der Waals surface area contributed by atoms with Crippen LogP contribution in [0.5, 0.6) is 0 Å². The first kappa shape index (κ1) is 34.1. The first-order valence-electron chi connectivity index (χ1n) is 14.5. The van der Waals surface area contributed by atoms with Gasteiger partial charge in [-0.15, -0.1) is 0 Å². The van der Waals surface area contributed by atoms with Crippen molar-refractivity contribution in [2.75, 3.05) is 0 Å². The van der Waals surface area contributed by atoms with Crippen LogP contribution in [0.1, 0.15) is 67.6 Å². The van der Waals surface area contributed by atoms with Gasteiger partial charge in [0.05, 0.1) is 24.0 Å². The van der Waals surface area contributed by atoms with Gasteiger partial charge >= 0.3 is 0 Å². The predicted molar refractivity (Wildman–Crippen MR) is 165 cm³/mol. The first-order chi connectivity index (χ1) is 21.1. The van der Waals surface area contributed by atoms with Crippen LogP contribution in [-0.2, 0) is 14.8 Å². The van der Waals surface area contributed by atoms with E-state index < -0.39 is 39.7 Å². The van der Waals surface area contributed by atoms with Crippen molar-refractivity contribution in [2.45, 2.75) is 82.3 Å². The van der Waals surface area contributed by atoms with Crippen LogP contribution in [0.25, 0.3) is 11.1 Å². The van der Waals surface area contributed by atoms with Crippen LogP contribution in [0.2, 0.25) is 0 Å². The molecule has 0 bridgehead atoms. The molecule has 2 N–H and O–H groups in total. The van der Waals surface area contributed by atoms with Crippen molar-refractivity contribution in [3.63, 3.8) is 0 Å². The zero-order valence-electron chi connectivity index (χ0n) is 25.7. The van der Waals surface area contributed by atoms with Gasteiger partial charge in [0.1, 0.15) is 16.5 Å². The number of sulfonamides is 1. The normalized spacial score (nSPS) is 18.6. The lowest BCUT2D eigenvalue weighted by Gasteiger charge is -2.22. The monoisotopic (exact) mass is 644 g/mol. The van der Waals surface area contributed by atoms with Gasteiger partial charge in [0.15, 0.2) is 5.78 Å². The Morgan fingerprint density at radius 2 is 1.80 bits per heavy atom. The largest absolute Gasteiger partial charge is 0.301 e. The number of alkyl halides is 2. The van der Waals surface area contributed by atoms with Crippen molar-refractivity contribution in [1.29, 1.82) is 0 Å². The van der Waals surface area contributed by atoms with Crippen molar-refractivity contribution < 1.29 is 30.8 Å². The van der Waals surface area contributed by atoms with Crippen molar-refractivity contribution in [3.8, 4) is 0 Å². The molecule has 3 aromatic rings. The Labute approximate surface area is 260 Å². The summed E-state index contributed by atoms with van der Waals surface area (Å²) in [6.45, 7) is 11.2. The summed E-state index contributed by atoms with van der Waals surface area (Å²) in [5, 5.41) is 3.09. The fourth-order valence-electron chi connectivity index (χ4n) is 5.17. The van der Waals surface area contributed by atoms with Crippen LogP contribution in [0.15, 0.2) is 66.3 Å². The number of hydrogen-bond donors (Lipinski definition) is 2. The summed E-state index contributed by atoms with van der Waals surface area (Å²) in [6.07, 6.45) is 3.20. The minimum atomic E-state index is -4.41. The maximum Gasteiger partial charge on any atom is 0.281 e. The third-order valence-electron chi connectivity index (χ3n) is 8.09. The van der Waals surface area contributed by atoms with E-state index in [0.717, 1.165) is 19.3 Å². The molecular formula is C33H36F4N4O3S. The Hall–Kier alpha value is -3.74. The standard InChI is InChI=1S/C33H36F4N4O3S/c1-7-22(28-11-9-23(34)16-38-28)14-26(29-12-10-24(17-39-29)45(43,44)41-21(6)33(36,37)8-2)30(32(42)31-20(5)40-31)25-15-27(35)19(4)13-18(25)3/h8-13,15-17,20-22,31,40-41H,2,7,14H2,1,3-6H3. The highest BCUT2D eigenvalue weighted by Gasteiger charge is 2.42. The minimum absolute atomic E-state index is 0.118. The van der Waals surface area contributed by atoms with Crippen LogP contribution < -0.4 is 10.0 Å². The van der Waals surface area contributed by atoms with Gasteiger partial charge in [-0.3, -0.25) is 14.8 Å². The number of carbonyl (C=O) groups is 1.